The van der Waals surface area contributed by atoms with E-state index in [1.165, 1.54) is 54.2 Å². The van der Waals surface area contributed by atoms with Gasteiger partial charge >= 0.3 is 0 Å². The van der Waals surface area contributed by atoms with Crippen LogP contribution in [-0.2, 0) is 0 Å². The van der Waals surface area contributed by atoms with Crippen molar-refractivity contribution in [2.75, 3.05) is 0 Å². The first-order chi connectivity index (χ1) is 20.1. The normalized spacial score (nSPS) is 13.3. The predicted molar refractivity (Wildman–Crippen MR) is 176 cm³/mol. The summed E-state index contributed by atoms with van der Waals surface area (Å²) in [6.07, 6.45) is 0. The van der Waals surface area contributed by atoms with E-state index in [2.05, 4.69) is 147 Å². The third-order valence-corrected chi connectivity index (χ3v) is 12.1. The molecule has 41 heavy (non-hydrogen) atoms. The molecular weight excluding hydrogens is 513 g/mol. The number of nitrogens with zero attached hydrogens (tertiary/aromatic N) is 2. The topological polar surface area (TPSA) is 25.8 Å². The van der Waals surface area contributed by atoms with Gasteiger partial charge in [0.05, 0.1) is 11.4 Å². The van der Waals surface area contributed by atoms with Gasteiger partial charge in [0.25, 0.3) is 0 Å². The second-order valence-corrected chi connectivity index (χ2v) is 15.7. The minimum absolute atomic E-state index is 0.773. The average molecular weight is 541 g/mol. The summed E-state index contributed by atoms with van der Waals surface area (Å²) in [7, 11) is -2.17. The number of hydrogen-bond donors (Lipinski definition) is 0. The highest BCUT2D eigenvalue weighted by atomic mass is 28.3. The molecule has 0 atom stereocenters. The zero-order chi connectivity index (χ0) is 27.6. The monoisotopic (exact) mass is 540 g/mol. The average Bonchev–Trinajstić information content (AvgIpc) is 3.27. The summed E-state index contributed by atoms with van der Waals surface area (Å²) in [4.78, 5) is 10.8. The zero-order valence-corrected chi connectivity index (χ0v) is 24.1. The van der Waals surface area contributed by atoms with E-state index >= 15 is 0 Å². The minimum Gasteiger partial charge on any atom is -0.228 e. The third-order valence-electron chi connectivity index (χ3n) is 8.62. The second-order valence-electron chi connectivity index (χ2n) is 11.4. The number of fused-ring (bicyclic) bond motifs is 6. The molecule has 0 unspecified atom stereocenters. The molecule has 8 rings (SSSR count). The Hall–Kier alpha value is -4.86. The fourth-order valence-corrected chi connectivity index (χ4v) is 10.3. The quantitative estimate of drug-likeness (QED) is 0.210. The fourth-order valence-electron chi connectivity index (χ4n) is 6.74. The van der Waals surface area contributed by atoms with Crippen LogP contribution in [0.4, 0.5) is 0 Å². The molecule has 0 bridgehead atoms. The van der Waals surface area contributed by atoms with Crippen molar-refractivity contribution in [3.05, 3.63) is 133 Å². The van der Waals surface area contributed by atoms with Crippen LogP contribution in [0.1, 0.15) is 0 Å². The van der Waals surface area contributed by atoms with Crippen LogP contribution in [0.2, 0.25) is 13.1 Å². The van der Waals surface area contributed by atoms with Gasteiger partial charge < -0.3 is 0 Å². The molecule has 0 amide bonds. The van der Waals surface area contributed by atoms with E-state index in [1.807, 2.05) is 0 Å². The molecule has 3 heteroatoms. The first-order valence-corrected chi connectivity index (χ1v) is 17.2. The lowest BCUT2D eigenvalue weighted by molar-refractivity contribution is 1.20. The molecule has 2 nitrogen and oxygen atoms in total. The van der Waals surface area contributed by atoms with Crippen molar-refractivity contribution in [3.8, 4) is 45.0 Å². The van der Waals surface area contributed by atoms with Gasteiger partial charge in [-0.3, -0.25) is 0 Å². The summed E-state index contributed by atoms with van der Waals surface area (Å²) in [5.74, 6) is 0.773. The Bertz CT molecular complexity index is 2120. The van der Waals surface area contributed by atoms with Gasteiger partial charge in [-0.1, -0.05) is 140 Å². The Kier molecular flexibility index (Phi) is 5.31. The Morgan fingerprint density at radius 3 is 1.83 bits per heavy atom. The maximum Gasteiger partial charge on any atom is 0.160 e. The van der Waals surface area contributed by atoms with Crippen molar-refractivity contribution in [2.45, 2.75) is 13.1 Å². The molecule has 1 aromatic heterocycles. The molecule has 0 N–H and O–H groups in total. The van der Waals surface area contributed by atoms with Crippen molar-refractivity contribution < 1.29 is 0 Å². The number of benzene rings is 6. The standard InChI is InChI=1S/C38H28N2Si/c1-41(2)36-31-20-9-7-15-27(31)22-23-33(36)35-37(41)34(32-21-11-16-26-14-6-8-19-30(26)32)39-38(40-35)29-18-10-17-28(24-29)25-12-4-3-5-13-25/h3-24H,1-2H3. The van der Waals surface area contributed by atoms with E-state index in [0.29, 0.717) is 0 Å². The van der Waals surface area contributed by atoms with Gasteiger partial charge in [-0.05, 0) is 49.1 Å². The summed E-state index contributed by atoms with van der Waals surface area (Å²) >= 11 is 0. The smallest absolute Gasteiger partial charge is 0.160 e. The molecule has 7 aromatic rings. The van der Waals surface area contributed by atoms with Crippen LogP contribution in [0, 0.1) is 0 Å². The third kappa shape index (κ3) is 3.70. The molecule has 194 valence electrons. The van der Waals surface area contributed by atoms with Gasteiger partial charge in [-0.25, -0.2) is 9.97 Å². The molecule has 2 heterocycles. The maximum absolute atomic E-state index is 5.45. The summed E-state index contributed by atoms with van der Waals surface area (Å²) in [5.41, 5.74) is 8.00. The molecule has 0 fully saturated rings. The Labute approximate surface area is 241 Å². The fraction of sp³-hybridized carbons (Fsp3) is 0.0526. The van der Waals surface area contributed by atoms with Crippen molar-refractivity contribution in [3.63, 3.8) is 0 Å². The molecule has 6 aromatic carbocycles. The molecule has 1 aliphatic heterocycles. The molecular formula is C38H28N2Si. The summed E-state index contributed by atoms with van der Waals surface area (Å²) < 4.78 is 0. The highest BCUT2D eigenvalue weighted by molar-refractivity contribution is 7.05. The van der Waals surface area contributed by atoms with Gasteiger partial charge in [0.1, 0.15) is 8.07 Å². The highest BCUT2D eigenvalue weighted by Crippen LogP contribution is 2.38. The van der Waals surface area contributed by atoms with Crippen LogP contribution in [0.15, 0.2) is 133 Å². The lowest BCUT2D eigenvalue weighted by Gasteiger charge is -2.23. The van der Waals surface area contributed by atoms with E-state index in [-0.39, 0.29) is 0 Å². The van der Waals surface area contributed by atoms with E-state index in [1.54, 1.807) is 0 Å². The lowest BCUT2D eigenvalue weighted by Crippen LogP contribution is -2.50. The molecule has 0 saturated heterocycles. The first-order valence-electron chi connectivity index (χ1n) is 14.2. The van der Waals surface area contributed by atoms with Crippen LogP contribution in [-0.4, -0.2) is 18.0 Å². The van der Waals surface area contributed by atoms with Crippen molar-refractivity contribution in [1.29, 1.82) is 0 Å². The van der Waals surface area contributed by atoms with E-state index in [9.17, 15) is 0 Å². The van der Waals surface area contributed by atoms with Gasteiger partial charge in [0.15, 0.2) is 5.82 Å². The number of hydrogen-bond acceptors (Lipinski definition) is 2. The van der Waals surface area contributed by atoms with Crippen molar-refractivity contribution in [2.24, 2.45) is 0 Å². The molecule has 0 saturated carbocycles. The molecule has 1 aliphatic rings. The van der Waals surface area contributed by atoms with Crippen LogP contribution in [0.25, 0.3) is 66.6 Å². The predicted octanol–water partition coefficient (Wildman–Crippen LogP) is 8.59. The highest BCUT2D eigenvalue weighted by Gasteiger charge is 2.43. The summed E-state index contributed by atoms with van der Waals surface area (Å²) in [6, 6.07) is 47.7. The van der Waals surface area contributed by atoms with Crippen molar-refractivity contribution >= 4 is 40.0 Å². The van der Waals surface area contributed by atoms with Gasteiger partial charge in [0.2, 0.25) is 0 Å². The van der Waals surface area contributed by atoms with Gasteiger partial charge in [-0.2, -0.15) is 0 Å². The number of rotatable bonds is 3. The first kappa shape index (κ1) is 24.0. The van der Waals surface area contributed by atoms with Crippen LogP contribution in [0.3, 0.4) is 0 Å². The molecule has 0 radical (unpaired) electrons. The van der Waals surface area contributed by atoms with Gasteiger partial charge in [-0.15, -0.1) is 0 Å². The zero-order valence-electron chi connectivity index (χ0n) is 23.1. The van der Waals surface area contributed by atoms with Crippen LogP contribution >= 0.6 is 0 Å². The maximum atomic E-state index is 5.45. The lowest BCUT2D eigenvalue weighted by atomic mass is 9.99. The van der Waals surface area contributed by atoms with E-state index in [0.717, 1.165) is 22.8 Å². The van der Waals surface area contributed by atoms with E-state index in [4.69, 9.17) is 9.97 Å². The van der Waals surface area contributed by atoms with Crippen LogP contribution in [0.5, 0.6) is 0 Å². The largest absolute Gasteiger partial charge is 0.228 e. The van der Waals surface area contributed by atoms with Gasteiger partial charge in [0, 0.05) is 16.7 Å². The SMILES string of the molecule is C[Si]1(C)c2c(nc(-c3cccc(-c4ccccc4)c3)nc2-c2cccc3ccccc23)-c2ccc3ccccc3c21. The van der Waals surface area contributed by atoms with E-state index < -0.39 is 8.07 Å². The second kappa shape index (κ2) is 9.08. The molecule has 0 aliphatic carbocycles. The minimum atomic E-state index is -2.17. The summed E-state index contributed by atoms with van der Waals surface area (Å²) in [5, 5.41) is 7.89. The summed E-state index contributed by atoms with van der Waals surface area (Å²) in [6.45, 7) is 4.94. The Balaban J connectivity index is 1.45. The Morgan fingerprint density at radius 2 is 1.02 bits per heavy atom. The number of aromatic nitrogens is 2. The Morgan fingerprint density at radius 1 is 0.439 bits per heavy atom. The van der Waals surface area contributed by atoms with Crippen molar-refractivity contribution in [1.82, 2.24) is 9.97 Å². The van der Waals surface area contributed by atoms with Crippen LogP contribution < -0.4 is 10.4 Å². The molecule has 0 spiro atoms.